The maximum atomic E-state index is 12.9. The maximum Gasteiger partial charge on any atom is 0.416 e. The molecule has 4 N–H and O–H groups in total. The summed E-state index contributed by atoms with van der Waals surface area (Å²) in [6.07, 6.45) is -4.57. The van der Waals surface area contributed by atoms with Crippen molar-refractivity contribution < 1.29 is 18.0 Å². The summed E-state index contributed by atoms with van der Waals surface area (Å²) in [5.41, 5.74) is 8.95. The molecule has 1 aromatic carbocycles. The van der Waals surface area contributed by atoms with Crippen molar-refractivity contribution in [3.63, 3.8) is 0 Å². The van der Waals surface area contributed by atoms with Crippen molar-refractivity contribution in [2.24, 2.45) is 5.73 Å². The minimum Gasteiger partial charge on any atom is -0.399 e. The van der Waals surface area contributed by atoms with E-state index in [2.05, 4.69) is 5.10 Å². The number of nitrogens with two attached hydrogens (primary N) is 2. The molecular formula is C14H13F3N4O2. The van der Waals surface area contributed by atoms with Crippen molar-refractivity contribution in [1.29, 1.82) is 0 Å². The van der Waals surface area contributed by atoms with Crippen molar-refractivity contribution in [3.8, 4) is 0 Å². The van der Waals surface area contributed by atoms with E-state index in [1.54, 1.807) is 0 Å². The van der Waals surface area contributed by atoms with Crippen LogP contribution >= 0.6 is 0 Å². The molecule has 0 aliphatic carbocycles. The van der Waals surface area contributed by atoms with Gasteiger partial charge in [0.1, 0.15) is 5.69 Å². The second kappa shape index (κ2) is 5.75. The second-order valence-corrected chi connectivity index (χ2v) is 4.93. The quantitative estimate of drug-likeness (QED) is 0.835. The molecule has 2 aromatic rings. The van der Waals surface area contributed by atoms with Crippen LogP contribution in [0.25, 0.3) is 0 Å². The largest absolute Gasteiger partial charge is 0.416 e. The number of aromatic nitrogens is 2. The number of carbonyl (C=O) groups excluding carboxylic acids is 1. The molecule has 1 atom stereocenters. The lowest BCUT2D eigenvalue weighted by atomic mass is 10.0. The Balaban J connectivity index is 2.55. The molecule has 0 saturated heterocycles. The van der Waals surface area contributed by atoms with E-state index in [0.29, 0.717) is 0 Å². The van der Waals surface area contributed by atoms with E-state index in [4.69, 9.17) is 11.5 Å². The van der Waals surface area contributed by atoms with Crippen LogP contribution in [0.3, 0.4) is 0 Å². The van der Waals surface area contributed by atoms with Gasteiger partial charge in [-0.05, 0) is 36.8 Å². The highest BCUT2D eigenvalue weighted by atomic mass is 19.4. The van der Waals surface area contributed by atoms with Gasteiger partial charge in [0, 0.05) is 11.8 Å². The Bertz CT molecular complexity index is 814. The van der Waals surface area contributed by atoms with Crippen LogP contribution in [0.1, 0.15) is 34.6 Å². The van der Waals surface area contributed by atoms with Crippen molar-refractivity contribution >= 4 is 11.6 Å². The summed E-state index contributed by atoms with van der Waals surface area (Å²) in [5.74, 6) is -0.852. The van der Waals surface area contributed by atoms with Crippen LogP contribution in [0, 0.1) is 0 Å². The molecule has 0 bridgehead atoms. The minimum absolute atomic E-state index is 0.0965. The van der Waals surface area contributed by atoms with Gasteiger partial charge < -0.3 is 11.5 Å². The summed E-state index contributed by atoms with van der Waals surface area (Å²) in [6.45, 7) is 1.47. The third kappa shape index (κ3) is 3.50. The number of nitrogens with zero attached hydrogens (tertiary/aromatic N) is 2. The first kappa shape index (κ1) is 16.5. The number of alkyl halides is 3. The number of amides is 1. The van der Waals surface area contributed by atoms with Gasteiger partial charge >= 0.3 is 6.18 Å². The molecule has 1 unspecified atom stereocenters. The van der Waals surface area contributed by atoms with Crippen molar-refractivity contribution in [3.05, 3.63) is 57.5 Å². The van der Waals surface area contributed by atoms with Crippen LogP contribution in [0.4, 0.5) is 18.9 Å². The van der Waals surface area contributed by atoms with Crippen LogP contribution in [0.2, 0.25) is 0 Å². The van der Waals surface area contributed by atoms with Gasteiger partial charge in [-0.1, -0.05) is 0 Å². The zero-order valence-electron chi connectivity index (χ0n) is 12.0. The Labute approximate surface area is 128 Å². The van der Waals surface area contributed by atoms with Gasteiger partial charge in [-0.15, -0.1) is 0 Å². The molecule has 0 radical (unpaired) electrons. The van der Waals surface area contributed by atoms with Gasteiger partial charge in [0.05, 0.1) is 11.6 Å². The van der Waals surface area contributed by atoms with Crippen LogP contribution in [-0.4, -0.2) is 15.7 Å². The molecule has 1 aromatic heterocycles. The highest BCUT2D eigenvalue weighted by Crippen LogP contribution is 2.33. The molecular weight excluding hydrogens is 313 g/mol. The van der Waals surface area contributed by atoms with E-state index in [1.165, 1.54) is 13.0 Å². The molecule has 1 amide bonds. The average Bonchev–Trinajstić information content (AvgIpc) is 2.45. The predicted octanol–water partition coefficient (Wildman–Crippen LogP) is 1.55. The summed E-state index contributed by atoms with van der Waals surface area (Å²) in [6, 6.07) is 4.34. The van der Waals surface area contributed by atoms with Gasteiger partial charge in [-0.2, -0.15) is 18.3 Å². The molecule has 23 heavy (non-hydrogen) atoms. The number of primary amides is 1. The molecule has 0 saturated carbocycles. The minimum atomic E-state index is -4.57. The monoisotopic (exact) mass is 326 g/mol. The Kier molecular flexibility index (Phi) is 4.13. The lowest BCUT2D eigenvalue weighted by Gasteiger charge is -2.17. The van der Waals surface area contributed by atoms with Gasteiger partial charge in [-0.3, -0.25) is 9.59 Å². The Morgan fingerprint density at radius 1 is 1.26 bits per heavy atom. The number of benzene rings is 1. The fourth-order valence-corrected chi connectivity index (χ4v) is 2.06. The van der Waals surface area contributed by atoms with Gasteiger partial charge in [-0.25, -0.2) is 4.68 Å². The lowest BCUT2D eigenvalue weighted by Crippen LogP contribution is -2.29. The normalized spacial score (nSPS) is 12.9. The highest BCUT2D eigenvalue weighted by molar-refractivity contribution is 5.90. The first-order valence-corrected chi connectivity index (χ1v) is 6.47. The summed E-state index contributed by atoms with van der Waals surface area (Å²) >= 11 is 0. The number of carbonyl (C=O) groups is 1. The first-order chi connectivity index (χ1) is 10.6. The zero-order valence-corrected chi connectivity index (χ0v) is 12.0. The van der Waals surface area contributed by atoms with Gasteiger partial charge in [0.15, 0.2) is 0 Å². The Hall–Kier alpha value is -2.84. The molecule has 0 spiro atoms. The first-order valence-electron chi connectivity index (χ1n) is 6.47. The topological polar surface area (TPSA) is 104 Å². The van der Waals surface area contributed by atoms with E-state index in [-0.39, 0.29) is 16.9 Å². The molecule has 0 aliphatic heterocycles. The van der Waals surface area contributed by atoms with E-state index in [1.807, 2.05) is 0 Å². The summed E-state index contributed by atoms with van der Waals surface area (Å²) in [5, 5.41) is 3.78. The summed E-state index contributed by atoms with van der Waals surface area (Å²) in [7, 11) is 0. The maximum absolute atomic E-state index is 12.9. The van der Waals surface area contributed by atoms with Crippen molar-refractivity contribution in [2.45, 2.75) is 19.1 Å². The Morgan fingerprint density at radius 2 is 1.91 bits per heavy atom. The molecule has 2 rings (SSSR count). The van der Waals surface area contributed by atoms with E-state index >= 15 is 0 Å². The van der Waals surface area contributed by atoms with E-state index < -0.39 is 29.2 Å². The van der Waals surface area contributed by atoms with Crippen LogP contribution in [0.5, 0.6) is 0 Å². The standard InChI is InChI=1S/C14H13F3N4O2/c1-7(21-12(22)3-2-11(20-21)13(19)23)8-4-9(14(15,16)17)6-10(18)5-8/h2-7H,18H2,1H3,(H2,19,23). The van der Waals surface area contributed by atoms with Crippen LogP contribution in [-0.2, 0) is 6.18 Å². The molecule has 0 fully saturated rings. The van der Waals surface area contributed by atoms with E-state index in [0.717, 1.165) is 28.9 Å². The molecule has 9 heteroatoms. The lowest BCUT2D eigenvalue weighted by molar-refractivity contribution is -0.137. The summed E-state index contributed by atoms with van der Waals surface area (Å²) in [4.78, 5) is 23.0. The molecule has 6 nitrogen and oxygen atoms in total. The van der Waals surface area contributed by atoms with Gasteiger partial charge in [0.25, 0.3) is 11.5 Å². The number of hydrogen-bond acceptors (Lipinski definition) is 4. The fourth-order valence-electron chi connectivity index (χ4n) is 2.06. The molecule has 122 valence electrons. The fraction of sp³-hybridized carbons (Fsp3) is 0.214. The number of nitrogen functional groups attached to an aromatic ring is 1. The Morgan fingerprint density at radius 3 is 2.48 bits per heavy atom. The third-order valence-electron chi connectivity index (χ3n) is 3.23. The molecule has 0 aliphatic rings. The smallest absolute Gasteiger partial charge is 0.399 e. The van der Waals surface area contributed by atoms with E-state index in [9.17, 15) is 22.8 Å². The third-order valence-corrected chi connectivity index (χ3v) is 3.23. The SMILES string of the molecule is CC(c1cc(N)cc(C(F)(F)F)c1)n1nc(C(N)=O)ccc1=O. The van der Waals surface area contributed by atoms with Crippen molar-refractivity contribution in [1.82, 2.24) is 9.78 Å². The van der Waals surface area contributed by atoms with Crippen molar-refractivity contribution in [2.75, 3.05) is 5.73 Å². The second-order valence-electron chi connectivity index (χ2n) is 4.93. The van der Waals surface area contributed by atoms with Crippen LogP contribution < -0.4 is 17.0 Å². The highest BCUT2D eigenvalue weighted by Gasteiger charge is 2.31. The summed E-state index contributed by atoms with van der Waals surface area (Å²) < 4.78 is 39.5. The van der Waals surface area contributed by atoms with Gasteiger partial charge in [0.2, 0.25) is 0 Å². The van der Waals surface area contributed by atoms with Crippen LogP contribution in [0.15, 0.2) is 35.1 Å². The number of halogens is 3. The predicted molar refractivity (Wildman–Crippen MR) is 76.7 cm³/mol. The number of hydrogen-bond donors (Lipinski definition) is 2. The number of rotatable bonds is 3. The zero-order chi connectivity index (χ0) is 17.4. The number of anilines is 1. The average molecular weight is 326 g/mol. The molecule has 1 heterocycles.